The fraction of sp³-hybridized carbons (Fsp3) is 0.500. The molecule has 0 aromatic heterocycles. The summed E-state index contributed by atoms with van der Waals surface area (Å²) in [6.07, 6.45) is 0. The Morgan fingerprint density at radius 3 is 2.50 bits per heavy atom. The van der Waals surface area contributed by atoms with Gasteiger partial charge in [0.1, 0.15) is 0 Å². The van der Waals surface area contributed by atoms with E-state index in [1.165, 1.54) is 0 Å². The van der Waals surface area contributed by atoms with Crippen molar-refractivity contribution in [1.29, 1.82) is 0 Å². The zero-order chi connectivity index (χ0) is 12.1. The normalized spacial score (nSPS) is 18.8. The average molecular weight is 220 g/mol. The molecular weight excluding hydrogens is 203 g/mol. The summed E-state index contributed by atoms with van der Waals surface area (Å²) in [5.74, 6) is 0. The van der Waals surface area contributed by atoms with E-state index in [0.717, 1.165) is 16.6 Å². The lowest BCUT2D eigenvalue weighted by Gasteiger charge is -2.21. The van der Waals surface area contributed by atoms with Gasteiger partial charge in [0, 0.05) is 0 Å². The summed E-state index contributed by atoms with van der Waals surface area (Å²) in [6.45, 7) is 7.29. The molecule has 3 nitrogen and oxygen atoms in total. The number of benzene rings is 1. The third kappa shape index (κ3) is 1.77. The second-order valence-corrected chi connectivity index (χ2v) is 5.34. The van der Waals surface area contributed by atoms with Gasteiger partial charge in [-0.1, -0.05) is 18.2 Å². The molecule has 0 saturated carbocycles. The predicted molar refractivity (Wildman–Crippen MR) is 63.4 cm³/mol. The number of aliphatic hydroxyl groups is 1. The van der Waals surface area contributed by atoms with Crippen LogP contribution in [0.2, 0.25) is 0 Å². The van der Waals surface area contributed by atoms with Crippen LogP contribution in [0.4, 0.5) is 0 Å². The van der Waals surface area contributed by atoms with Gasteiger partial charge >= 0.3 is 7.12 Å². The quantitative estimate of drug-likeness (QED) is 0.690. The van der Waals surface area contributed by atoms with Crippen molar-refractivity contribution in [2.75, 3.05) is 0 Å². The molecule has 0 spiro atoms. The van der Waals surface area contributed by atoms with E-state index in [2.05, 4.69) is 0 Å². The molecule has 0 aliphatic carbocycles. The summed E-state index contributed by atoms with van der Waals surface area (Å²) in [5.41, 5.74) is 1.15. The maximum Gasteiger partial charge on any atom is 0.492 e. The van der Waals surface area contributed by atoms with E-state index in [4.69, 9.17) is 4.65 Å². The first-order chi connectivity index (χ1) is 7.22. The third-order valence-electron chi connectivity index (χ3n) is 3.08. The Morgan fingerprint density at radius 1 is 1.31 bits per heavy atom. The van der Waals surface area contributed by atoms with Crippen molar-refractivity contribution in [3.63, 3.8) is 0 Å². The van der Waals surface area contributed by atoms with Crippen molar-refractivity contribution >= 4 is 12.6 Å². The van der Waals surface area contributed by atoms with Gasteiger partial charge in [-0.2, -0.15) is 0 Å². The van der Waals surface area contributed by atoms with E-state index >= 15 is 0 Å². The zero-order valence-electron chi connectivity index (χ0n) is 10.1. The van der Waals surface area contributed by atoms with Crippen molar-refractivity contribution < 1.29 is 14.8 Å². The molecule has 1 aliphatic heterocycles. The van der Waals surface area contributed by atoms with Gasteiger partial charge in [0.2, 0.25) is 0 Å². The molecule has 0 amide bonds. The SMILES string of the molecule is CC(C)(O)c1ccc2c(c1)B(O)OC2(C)C. The van der Waals surface area contributed by atoms with Gasteiger partial charge in [0.25, 0.3) is 0 Å². The van der Waals surface area contributed by atoms with Crippen LogP contribution in [0.3, 0.4) is 0 Å². The van der Waals surface area contributed by atoms with E-state index in [0.29, 0.717) is 0 Å². The molecule has 0 unspecified atom stereocenters. The summed E-state index contributed by atoms with van der Waals surface area (Å²) < 4.78 is 5.46. The van der Waals surface area contributed by atoms with Crippen LogP contribution >= 0.6 is 0 Å². The van der Waals surface area contributed by atoms with Crippen LogP contribution in [0, 0.1) is 0 Å². The summed E-state index contributed by atoms with van der Waals surface area (Å²) in [7, 11) is -0.896. The van der Waals surface area contributed by atoms with Crippen LogP contribution in [-0.4, -0.2) is 17.2 Å². The van der Waals surface area contributed by atoms with Gasteiger partial charge in [-0.05, 0) is 44.3 Å². The second-order valence-electron chi connectivity index (χ2n) is 5.34. The Morgan fingerprint density at radius 2 is 1.94 bits per heavy atom. The molecule has 1 aromatic carbocycles. The Hall–Kier alpha value is -0.835. The van der Waals surface area contributed by atoms with Crippen molar-refractivity contribution in [2.24, 2.45) is 0 Å². The smallest absolute Gasteiger partial charge is 0.423 e. The molecule has 16 heavy (non-hydrogen) atoms. The lowest BCUT2D eigenvalue weighted by atomic mass is 9.76. The highest BCUT2D eigenvalue weighted by Gasteiger charge is 2.41. The van der Waals surface area contributed by atoms with Gasteiger partial charge < -0.3 is 14.8 Å². The van der Waals surface area contributed by atoms with Crippen molar-refractivity contribution in [3.05, 3.63) is 29.3 Å². The van der Waals surface area contributed by atoms with E-state index in [-0.39, 0.29) is 0 Å². The van der Waals surface area contributed by atoms with Crippen molar-refractivity contribution in [2.45, 2.75) is 38.9 Å². The Kier molecular flexibility index (Phi) is 2.42. The highest BCUT2D eigenvalue weighted by molar-refractivity contribution is 6.62. The summed E-state index contributed by atoms with van der Waals surface area (Å²) in [6, 6.07) is 5.61. The fourth-order valence-corrected chi connectivity index (χ4v) is 2.10. The monoisotopic (exact) mass is 220 g/mol. The largest absolute Gasteiger partial charge is 0.492 e. The van der Waals surface area contributed by atoms with Crippen LogP contribution in [0.15, 0.2) is 18.2 Å². The molecular formula is C12H17BO3. The number of rotatable bonds is 1. The number of hydrogen-bond donors (Lipinski definition) is 2. The molecule has 0 atom stereocenters. The maximum atomic E-state index is 9.91. The van der Waals surface area contributed by atoms with Crippen LogP contribution in [0.5, 0.6) is 0 Å². The summed E-state index contributed by atoms with van der Waals surface area (Å²) in [5, 5.41) is 19.7. The third-order valence-corrected chi connectivity index (χ3v) is 3.08. The lowest BCUT2D eigenvalue weighted by Crippen LogP contribution is -2.30. The highest BCUT2D eigenvalue weighted by Crippen LogP contribution is 2.31. The first-order valence-electron chi connectivity index (χ1n) is 5.45. The van der Waals surface area contributed by atoms with E-state index in [1.54, 1.807) is 13.8 Å². The van der Waals surface area contributed by atoms with Crippen molar-refractivity contribution in [3.8, 4) is 0 Å². The molecule has 1 aliphatic rings. The molecule has 1 aromatic rings. The van der Waals surface area contributed by atoms with E-state index in [9.17, 15) is 10.1 Å². The molecule has 0 fully saturated rings. The van der Waals surface area contributed by atoms with Crippen LogP contribution in [-0.2, 0) is 15.9 Å². The summed E-state index contributed by atoms with van der Waals surface area (Å²) in [4.78, 5) is 0. The average Bonchev–Trinajstić information content (AvgIpc) is 2.36. The van der Waals surface area contributed by atoms with Crippen LogP contribution < -0.4 is 5.46 Å². The molecule has 2 N–H and O–H groups in total. The van der Waals surface area contributed by atoms with Gasteiger partial charge in [-0.3, -0.25) is 0 Å². The van der Waals surface area contributed by atoms with E-state index in [1.807, 2.05) is 32.0 Å². The van der Waals surface area contributed by atoms with Gasteiger partial charge in [-0.25, -0.2) is 0 Å². The van der Waals surface area contributed by atoms with Gasteiger partial charge in [0.15, 0.2) is 0 Å². The van der Waals surface area contributed by atoms with Gasteiger partial charge in [-0.15, -0.1) is 0 Å². The molecule has 0 saturated heterocycles. The zero-order valence-corrected chi connectivity index (χ0v) is 10.1. The molecule has 2 rings (SSSR count). The van der Waals surface area contributed by atoms with Crippen LogP contribution in [0.25, 0.3) is 0 Å². The Balaban J connectivity index is 2.53. The summed E-state index contributed by atoms with van der Waals surface area (Å²) >= 11 is 0. The van der Waals surface area contributed by atoms with Gasteiger partial charge in [0.05, 0.1) is 11.2 Å². The minimum absolute atomic E-state index is 0.465. The van der Waals surface area contributed by atoms with Crippen LogP contribution in [0.1, 0.15) is 38.8 Å². The first kappa shape index (κ1) is 11.6. The molecule has 0 radical (unpaired) electrons. The minimum atomic E-state index is -0.901. The molecule has 4 heteroatoms. The number of fused-ring (bicyclic) bond motifs is 1. The minimum Gasteiger partial charge on any atom is -0.423 e. The Labute approximate surface area is 96.2 Å². The predicted octanol–water partition coefficient (Wildman–Crippen LogP) is 0.867. The number of hydrogen-bond acceptors (Lipinski definition) is 3. The van der Waals surface area contributed by atoms with Crippen molar-refractivity contribution in [1.82, 2.24) is 0 Å². The molecule has 1 heterocycles. The topological polar surface area (TPSA) is 49.7 Å². The highest BCUT2D eigenvalue weighted by atomic mass is 16.5. The molecule has 0 bridgehead atoms. The standard InChI is InChI=1S/C12H17BO3/c1-11(2,14)8-5-6-9-10(7-8)13(15)16-12(9,3)4/h5-7,14-15H,1-4H3. The fourth-order valence-electron chi connectivity index (χ4n) is 2.10. The second kappa shape index (κ2) is 3.33. The first-order valence-corrected chi connectivity index (χ1v) is 5.45. The van der Waals surface area contributed by atoms with E-state index < -0.39 is 18.3 Å². The molecule has 86 valence electrons. The Bertz CT molecular complexity index is 421. The maximum absolute atomic E-state index is 9.91. The lowest BCUT2D eigenvalue weighted by molar-refractivity contribution is 0.0785.